The number of carbonyl (C=O) groups is 1. The van der Waals surface area contributed by atoms with E-state index < -0.39 is 6.10 Å². The lowest BCUT2D eigenvalue weighted by Gasteiger charge is -2.15. The lowest BCUT2D eigenvalue weighted by atomic mass is 10.2. The van der Waals surface area contributed by atoms with Gasteiger partial charge in [0.05, 0.1) is 19.8 Å². The largest absolute Gasteiger partial charge is 0.374 e. The van der Waals surface area contributed by atoms with Crippen molar-refractivity contribution < 1.29 is 14.3 Å². The number of ether oxygens (including phenoxy) is 2. The van der Waals surface area contributed by atoms with Crippen LogP contribution in [0.2, 0.25) is 0 Å². The highest BCUT2D eigenvalue weighted by molar-refractivity contribution is 5.80. The molecule has 0 saturated carbocycles. The highest BCUT2D eigenvalue weighted by atomic mass is 16.5. The molecule has 0 spiro atoms. The summed E-state index contributed by atoms with van der Waals surface area (Å²) >= 11 is 0. The minimum Gasteiger partial charge on any atom is -0.374 e. The van der Waals surface area contributed by atoms with Gasteiger partial charge in [0.25, 0.3) is 0 Å². The molecule has 21 heavy (non-hydrogen) atoms. The third-order valence-electron chi connectivity index (χ3n) is 3.13. The van der Waals surface area contributed by atoms with Crippen LogP contribution in [0.1, 0.15) is 18.1 Å². The van der Waals surface area contributed by atoms with Crippen LogP contribution in [-0.2, 0) is 27.5 Å². The molecule has 0 fully saturated rings. The molecule has 0 amide bonds. The Balaban J connectivity index is 1.78. The topological polar surface area (TPSA) is 35.5 Å². The molecule has 110 valence electrons. The second kappa shape index (κ2) is 8.35. The van der Waals surface area contributed by atoms with Gasteiger partial charge in [0.2, 0.25) is 0 Å². The molecule has 3 nitrogen and oxygen atoms in total. The fourth-order valence-electron chi connectivity index (χ4n) is 1.91. The summed E-state index contributed by atoms with van der Waals surface area (Å²) in [7, 11) is 0. The maximum absolute atomic E-state index is 11.6. The summed E-state index contributed by atoms with van der Waals surface area (Å²) in [5.41, 5.74) is 2.13. The summed E-state index contributed by atoms with van der Waals surface area (Å²) in [5, 5.41) is 0. The third kappa shape index (κ3) is 5.50. The van der Waals surface area contributed by atoms with Crippen LogP contribution in [0.15, 0.2) is 60.7 Å². The quantitative estimate of drug-likeness (QED) is 0.745. The van der Waals surface area contributed by atoms with Gasteiger partial charge >= 0.3 is 0 Å². The molecule has 2 rings (SSSR count). The molecule has 1 atom stereocenters. The first-order valence-corrected chi connectivity index (χ1v) is 7.03. The van der Waals surface area contributed by atoms with E-state index in [9.17, 15) is 4.79 Å². The first kappa shape index (κ1) is 15.4. The van der Waals surface area contributed by atoms with Crippen molar-refractivity contribution in [3.63, 3.8) is 0 Å². The van der Waals surface area contributed by atoms with Crippen molar-refractivity contribution in [1.82, 2.24) is 0 Å². The van der Waals surface area contributed by atoms with Gasteiger partial charge in [-0.3, -0.25) is 4.79 Å². The first-order chi connectivity index (χ1) is 10.3. The van der Waals surface area contributed by atoms with Crippen LogP contribution >= 0.6 is 0 Å². The summed E-state index contributed by atoms with van der Waals surface area (Å²) in [6.07, 6.45) is -0.520. The van der Waals surface area contributed by atoms with Gasteiger partial charge < -0.3 is 9.47 Å². The number of rotatable bonds is 8. The molecule has 0 N–H and O–H groups in total. The van der Waals surface area contributed by atoms with E-state index in [1.807, 2.05) is 60.7 Å². The van der Waals surface area contributed by atoms with Crippen LogP contribution < -0.4 is 0 Å². The molecule has 0 aliphatic heterocycles. The van der Waals surface area contributed by atoms with Crippen LogP contribution in [0.25, 0.3) is 0 Å². The van der Waals surface area contributed by atoms with Crippen LogP contribution in [0.3, 0.4) is 0 Å². The highest BCUT2D eigenvalue weighted by Gasteiger charge is 2.15. The van der Waals surface area contributed by atoms with Gasteiger partial charge in [-0.25, -0.2) is 0 Å². The smallest absolute Gasteiger partial charge is 0.160 e. The van der Waals surface area contributed by atoms with E-state index in [0.29, 0.717) is 13.2 Å². The molecule has 0 heterocycles. The fraction of sp³-hybridized carbons (Fsp3) is 0.278. The van der Waals surface area contributed by atoms with E-state index in [0.717, 1.165) is 11.1 Å². The summed E-state index contributed by atoms with van der Waals surface area (Å²) < 4.78 is 11.2. The van der Waals surface area contributed by atoms with E-state index in [1.165, 1.54) is 6.92 Å². The Morgan fingerprint density at radius 2 is 1.43 bits per heavy atom. The lowest BCUT2D eigenvalue weighted by molar-refractivity contribution is -0.134. The van der Waals surface area contributed by atoms with E-state index >= 15 is 0 Å². The maximum Gasteiger partial charge on any atom is 0.160 e. The number of ketones is 1. The summed E-state index contributed by atoms with van der Waals surface area (Å²) in [5.74, 6) is -0.0148. The van der Waals surface area contributed by atoms with Crippen LogP contribution in [0, 0.1) is 0 Å². The highest BCUT2D eigenvalue weighted by Crippen LogP contribution is 2.07. The van der Waals surface area contributed by atoms with E-state index in [1.54, 1.807) is 0 Å². The molecule has 0 aliphatic carbocycles. The van der Waals surface area contributed by atoms with Crippen molar-refractivity contribution in [2.75, 3.05) is 6.61 Å². The zero-order chi connectivity index (χ0) is 14.9. The minimum absolute atomic E-state index is 0.0148. The monoisotopic (exact) mass is 284 g/mol. The first-order valence-electron chi connectivity index (χ1n) is 7.03. The molecule has 0 bridgehead atoms. The van der Waals surface area contributed by atoms with Crippen molar-refractivity contribution in [3.05, 3.63) is 71.8 Å². The van der Waals surface area contributed by atoms with Crippen molar-refractivity contribution in [2.24, 2.45) is 0 Å². The van der Waals surface area contributed by atoms with Crippen molar-refractivity contribution in [2.45, 2.75) is 26.2 Å². The second-order valence-electron chi connectivity index (χ2n) is 4.90. The number of Topliss-reactive ketones (excluding diaryl/α,β-unsaturated/α-hetero) is 1. The number of hydrogen-bond donors (Lipinski definition) is 0. The molecule has 0 radical (unpaired) electrons. The van der Waals surface area contributed by atoms with Gasteiger partial charge in [-0.1, -0.05) is 60.7 Å². The Morgan fingerprint density at radius 3 is 1.95 bits per heavy atom. The molecule has 0 unspecified atom stereocenters. The Hall–Kier alpha value is -1.97. The van der Waals surface area contributed by atoms with Crippen LogP contribution in [-0.4, -0.2) is 18.5 Å². The number of carbonyl (C=O) groups excluding carboxylic acids is 1. The zero-order valence-corrected chi connectivity index (χ0v) is 12.2. The Labute approximate surface area is 125 Å². The molecular formula is C18H20O3. The van der Waals surface area contributed by atoms with Gasteiger partial charge in [0.1, 0.15) is 6.10 Å². The zero-order valence-electron chi connectivity index (χ0n) is 12.2. The SMILES string of the molecule is CC(=O)[C@H](COCc1ccccc1)OCc1ccccc1. The molecule has 0 saturated heterocycles. The second-order valence-corrected chi connectivity index (χ2v) is 4.90. The lowest BCUT2D eigenvalue weighted by Crippen LogP contribution is -2.27. The predicted octanol–water partition coefficient (Wildman–Crippen LogP) is 3.38. The molecule has 2 aromatic carbocycles. The Bertz CT molecular complexity index is 537. The molecule has 2 aromatic rings. The van der Waals surface area contributed by atoms with E-state index in [2.05, 4.69) is 0 Å². The number of benzene rings is 2. The normalized spacial score (nSPS) is 12.0. The molecule has 3 heteroatoms. The molecule has 0 aromatic heterocycles. The predicted molar refractivity (Wildman–Crippen MR) is 81.8 cm³/mol. The number of hydrogen-bond acceptors (Lipinski definition) is 3. The summed E-state index contributed by atoms with van der Waals surface area (Å²) in [6.45, 7) is 2.71. The van der Waals surface area contributed by atoms with Crippen LogP contribution in [0.4, 0.5) is 0 Å². The Morgan fingerprint density at radius 1 is 0.905 bits per heavy atom. The van der Waals surface area contributed by atoms with Crippen molar-refractivity contribution >= 4 is 5.78 Å². The average molecular weight is 284 g/mol. The fourth-order valence-corrected chi connectivity index (χ4v) is 1.91. The molecular weight excluding hydrogens is 264 g/mol. The summed E-state index contributed by atoms with van der Waals surface area (Å²) in [4.78, 5) is 11.6. The average Bonchev–Trinajstić information content (AvgIpc) is 2.52. The van der Waals surface area contributed by atoms with Gasteiger partial charge in [0.15, 0.2) is 5.78 Å². The van der Waals surface area contributed by atoms with Crippen LogP contribution in [0.5, 0.6) is 0 Å². The maximum atomic E-state index is 11.6. The Kier molecular flexibility index (Phi) is 6.13. The van der Waals surface area contributed by atoms with Gasteiger partial charge in [-0.15, -0.1) is 0 Å². The summed E-state index contributed by atoms with van der Waals surface area (Å²) in [6, 6.07) is 19.7. The standard InChI is InChI=1S/C18H20O3/c1-15(19)18(21-13-17-10-6-3-7-11-17)14-20-12-16-8-4-2-5-9-16/h2-11,18H,12-14H2,1H3/t18-/m0/s1. The van der Waals surface area contributed by atoms with Crippen molar-refractivity contribution in [3.8, 4) is 0 Å². The van der Waals surface area contributed by atoms with E-state index in [-0.39, 0.29) is 12.4 Å². The van der Waals surface area contributed by atoms with E-state index in [4.69, 9.17) is 9.47 Å². The minimum atomic E-state index is -0.520. The molecule has 0 aliphatic rings. The van der Waals surface area contributed by atoms with Crippen molar-refractivity contribution in [1.29, 1.82) is 0 Å². The van der Waals surface area contributed by atoms with Gasteiger partial charge in [-0.05, 0) is 18.1 Å². The van der Waals surface area contributed by atoms with Gasteiger partial charge in [0, 0.05) is 0 Å². The van der Waals surface area contributed by atoms with Gasteiger partial charge in [-0.2, -0.15) is 0 Å². The third-order valence-corrected chi connectivity index (χ3v) is 3.13.